The summed E-state index contributed by atoms with van der Waals surface area (Å²) >= 11 is 0. The number of para-hydroxylation sites is 1. The van der Waals surface area contributed by atoms with Gasteiger partial charge in [0.05, 0.1) is 16.3 Å². The van der Waals surface area contributed by atoms with Crippen molar-refractivity contribution in [2.75, 3.05) is 4.72 Å². The second-order valence-corrected chi connectivity index (χ2v) is 10.2. The molecule has 1 aromatic heterocycles. The van der Waals surface area contributed by atoms with Crippen molar-refractivity contribution < 1.29 is 13.2 Å². The predicted molar refractivity (Wildman–Crippen MR) is 127 cm³/mol. The Morgan fingerprint density at radius 3 is 2.36 bits per heavy atom. The summed E-state index contributed by atoms with van der Waals surface area (Å²) in [7, 11) is -2.41. The van der Waals surface area contributed by atoms with Gasteiger partial charge >= 0.3 is 0 Å². The van der Waals surface area contributed by atoms with Crippen molar-refractivity contribution in [3.8, 4) is 5.69 Å². The van der Waals surface area contributed by atoms with Crippen molar-refractivity contribution in [2.45, 2.75) is 50.5 Å². The number of hydrogen-bond acceptors (Lipinski definition) is 4. The Morgan fingerprint density at radius 1 is 1.03 bits per heavy atom. The Morgan fingerprint density at radius 2 is 1.70 bits per heavy atom. The molecular weight excluding hydrogens is 440 g/mol. The molecule has 1 aliphatic rings. The molecule has 0 radical (unpaired) electrons. The smallest absolute Gasteiger partial charge is 0.296 e. The van der Waals surface area contributed by atoms with Crippen LogP contribution in [-0.2, 0) is 17.1 Å². The van der Waals surface area contributed by atoms with E-state index in [4.69, 9.17) is 0 Å². The lowest BCUT2D eigenvalue weighted by molar-refractivity contribution is 0.0937. The molecule has 0 bridgehead atoms. The van der Waals surface area contributed by atoms with Crippen LogP contribution in [0.1, 0.15) is 47.3 Å². The molecule has 0 spiro atoms. The number of amides is 1. The topological polar surface area (TPSA) is 102 Å². The van der Waals surface area contributed by atoms with Crippen LogP contribution in [0.4, 0.5) is 5.69 Å². The van der Waals surface area contributed by atoms with E-state index >= 15 is 0 Å². The molecule has 33 heavy (non-hydrogen) atoms. The lowest BCUT2D eigenvalue weighted by atomic mass is 10.1. The van der Waals surface area contributed by atoms with E-state index in [-0.39, 0.29) is 22.5 Å². The number of anilines is 1. The molecule has 0 saturated heterocycles. The number of benzene rings is 2. The van der Waals surface area contributed by atoms with Gasteiger partial charge in [-0.1, -0.05) is 37.1 Å². The lowest BCUT2D eigenvalue weighted by Gasteiger charge is -2.14. The number of carbonyl (C=O) groups excluding carboxylic acids is 1. The van der Waals surface area contributed by atoms with Crippen LogP contribution in [0.15, 0.2) is 58.2 Å². The second-order valence-electron chi connectivity index (χ2n) is 8.47. The van der Waals surface area contributed by atoms with Crippen LogP contribution in [0.5, 0.6) is 0 Å². The Kier molecular flexibility index (Phi) is 6.16. The summed E-state index contributed by atoms with van der Waals surface area (Å²) in [6.45, 7) is 3.45. The number of rotatable bonds is 6. The molecule has 3 aromatic rings. The Bertz CT molecular complexity index is 1350. The average Bonchev–Trinajstić information content (AvgIpc) is 3.37. The molecule has 4 rings (SSSR count). The molecule has 0 unspecified atom stereocenters. The fraction of sp³-hybridized carbons (Fsp3) is 0.333. The van der Waals surface area contributed by atoms with E-state index in [2.05, 4.69) is 10.0 Å². The Balaban J connectivity index is 1.66. The molecular formula is C24H28N4O4S. The number of carbonyl (C=O) groups is 1. The van der Waals surface area contributed by atoms with Crippen LogP contribution in [-0.4, -0.2) is 29.7 Å². The minimum Gasteiger partial charge on any atom is -0.349 e. The van der Waals surface area contributed by atoms with Crippen LogP contribution in [0.3, 0.4) is 0 Å². The van der Waals surface area contributed by atoms with Crippen LogP contribution in [0.25, 0.3) is 5.69 Å². The highest BCUT2D eigenvalue weighted by Gasteiger charge is 2.25. The zero-order chi connectivity index (χ0) is 23.8. The van der Waals surface area contributed by atoms with Gasteiger partial charge in [0.15, 0.2) is 0 Å². The standard InChI is InChI=1S/C24H28N4O4S/c1-16-13-14-20(15-21(16)23(29)25-18-9-7-8-10-18)33(31,32)26-22-17(2)27(3)28(24(22)30)19-11-5-4-6-12-19/h4-6,11-15,18,26H,7-10H2,1-3H3,(H,25,29). The van der Waals surface area contributed by atoms with Gasteiger partial charge in [0, 0.05) is 18.7 Å². The minimum atomic E-state index is -4.10. The van der Waals surface area contributed by atoms with Gasteiger partial charge in [0.1, 0.15) is 5.69 Å². The van der Waals surface area contributed by atoms with Gasteiger partial charge in [-0.25, -0.2) is 13.1 Å². The van der Waals surface area contributed by atoms with Crippen molar-refractivity contribution >= 4 is 21.6 Å². The van der Waals surface area contributed by atoms with Crippen molar-refractivity contribution in [3.05, 3.63) is 75.7 Å². The number of aryl methyl sites for hydroxylation is 1. The number of nitrogens with one attached hydrogen (secondary N) is 2. The molecule has 8 nitrogen and oxygen atoms in total. The van der Waals surface area contributed by atoms with E-state index in [1.807, 2.05) is 6.07 Å². The summed E-state index contributed by atoms with van der Waals surface area (Å²) in [5.74, 6) is -0.279. The molecule has 9 heteroatoms. The summed E-state index contributed by atoms with van der Waals surface area (Å²) in [6, 6.07) is 13.5. The molecule has 1 aliphatic carbocycles. The van der Waals surface area contributed by atoms with Gasteiger partial charge in [0.25, 0.3) is 21.5 Å². The van der Waals surface area contributed by atoms with E-state index in [1.165, 1.54) is 16.8 Å². The Hall–Kier alpha value is -3.33. The van der Waals surface area contributed by atoms with Gasteiger partial charge in [-0.05, 0) is 56.5 Å². The lowest BCUT2D eigenvalue weighted by Crippen LogP contribution is -2.33. The minimum absolute atomic E-state index is 0.0288. The highest BCUT2D eigenvalue weighted by molar-refractivity contribution is 7.92. The fourth-order valence-corrected chi connectivity index (χ4v) is 5.37. The van der Waals surface area contributed by atoms with Crippen molar-refractivity contribution in [2.24, 2.45) is 7.05 Å². The molecule has 1 amide bonds. The molecule has 174 valence electrons. The van der Waals surface area contributed by atoms with Crippen LogP contribution < -0.4 is 15.6 Å². The summed E-state index contributed by atoms with van der Waals surface area (Å²) in [5, 5.41) is 3.00. The van der Waals surface area contributed by atoms with E-state index in [9.17, 15) is 18.0 Å². The first kappa shape index (κ1) is 22.8. The molecule has 1 fully saturated rings. The fourth-order valence-electron chi connectivity index (χ4n) is 4.23. The van der Waals surface area contributed by atoms with E-state index in [0.29, 0.717) is 22.5 Å². The van der Waals surface area contributed by atoms with Gasteiger partial charge in [-0.15, -0.1) is 0 Å². The third-order valence-electron chi connectivity index (χ3n) is 6.24. The monoisotopic (exact) mass is 468 g/mol. The molecule has 1 saturated carbocycles. The van der Waals surface area contributed by atoms with Gasteiger partial charge < -0.3 is 5.32 Å². The maximum absolute atomic E-state index is 13.2. The number of aromatic nitrogens is 2. The third-order valence-corrected chi connectivity index (χ3v) is 7.59. The average molecular weight is 469 g/mol. The number of nitrogens with zero attached hydrogens (tertiary/aromatic N) is 2. The SMILES string of the molecule is Cc1ccc(S(=O)(=O)Nc2c(C)n(C)n(-c3ccccc3)c2=O)cc1C(=O)NC1CCCC1. The highest BCUT2D eigenvalue weighted by Crippen LogP contribution is 2.22. The largest absolute Gasteiger partial charge is 0.349 e. The van der Waals surface area contributed by atoms with Crippen LogP contribution in [0.2, 0.25) is 0 Å². The zero-order valence-corrected chi connectivity index (χ0v) is 19.8. The van der Waals surface area contributed by atoms with Gasteiger partial charge in [0.2, 0.25) is 0 Å². The first-order valence-corrected chi connectivity index (χ1v) is 12.5. The number of sulfonamides is 1. The van der Waals surface area contributed by atoms with Crippen LogP contribution >= 0.6 is 0 Å². The van der Waals surface area contributed by atoms with Crippen LogP contribution in [0, 0.1) is 13.8 Å². The van der Waals surface area contributed by atoms with Crippen molar-refractivity contribution in [1.29, 1.82) is 0 Å². The maximum Gasteiger partial charge on any atom is 0.296 e. The van der Waals surface area contributed by atoms with Gasteiger partial charge in [-0.2, -0.15) is 0 Å². The predicted octanol–water partition coefficient (Wildman–Crippen LogP) is 3.27. The third kappa shape index (κ3) is 4.45. The quantitative estimate of drug-likeness (QED) is 0.580. The second kappa shape index (κ2) is 8.90. The first-order valence-electron chi connectivity index (χ1n) is 11.0. The van der Waals surface area contributed by atoms with Gasteiger partial charge in [-0.3, -0.25) is 19.0 Å². The van der Waals surface area contributed by atoms with E-state index in [1.54, 1.807) is 55.9 Å². The molecule has 0 aliphatic heterocycles. The van der Waals surface area contributed by atoms with E-state index in [0.717, 1.165) is 25.7 Å². The summed E-state index contributed by atoms with van der Waals surface area (Å²) < 4.78 is 31.8. The Labute approximate surface area is 193 Å². The molecule has 2 aromatic carbocycles. The summed E-state index contributed by atoms with van der Waals surface area (Å²) in [4.78, 5) is 25.8. The summed E-state index contributed by atoms with van der Waals surface area (Å²) in [5.41, 5.74) is 1.59. The zero-order valence-electron chi connectivity index (χ0n) is 19.0. The maximum atomic E-state index is 13.2. The molecule has 2 N–H and O–H groups in total. The molecule has 0 atom stereocenters. The van der Waals surface area contributed by atoms with E-state index < -0.39 is 15.6 Å². The normalized spacial score (nSPS) is 14.4. The van der Waals surface area contributed by atoms with Crippen molar-refractivity contribution in [1.82, 2.24) is 14.7 Å². The summed E-state index contributed by atoms with van der Waals surface area (Å²) in [6.07, 6.45) is 4.04. The van der Waals surface area contributed by atoms with Crippen molar-refractivity contribution in [3.63, 3.8) is 0 Å². The highest BCUT2D eigenvalue weighted by atomic mass is 32.2. The molecule has 1 heterocycles. The number of hydrogen-bond donors (Lipinski definition) is 2. The first-order chi connectivity index (χ1) is 15.7.